The number of anilines is 1. The van der Waals surface area contributed by atoms with Gasteiger partial charge in [-0.05, 0) is 19.9 Å². The highest BCUT2D eigenvalue weighted by molar-refractivity contribution is 7.13. The molecule has 6 nitrogen and oxygen atoms in total. The van der Waals surface area contributed by atoms with Gasteiger partial charge >= 0.3 is 0 Å². The first-order valence-electron chi connectivity index (χ1n) is 7.95. The Morgan fingerprint density at radius 2 is 2.12 bits per heavy atom. The largest absolute Gasteiger partial charge is 0.372 e. The van der Waals surface area contributed by atoms with Crippen LogP contribution in [0.25, 0.3) is 21.7 Å². The van der Waals surface area contributed by atoms with Gasteiger partial charge in [0.05, 0.1) is 23.3 Å². The fourth-order valence-corrected chi connectivity index (χ4v) is 3.95. The van der Waals surface area contributed by atoms with Gasteiger partial charge in [0, 0.05) is 30.2 Å². The van der Waals surface area contributed by atoms with Crippen LogP contribution >= 0.6 is 11.3 Å². The van der Waals surface area contributed by atoms with E-state index in [0.29, 0.717) is 35.5 Å². The summed E-state index contributed by atoms with van der Waals surface area (Å²) in [5.41, 5.74) is 0.999. The summed E-state index contributed by atoms with van der Waals surface area (Å²) in [5, 5.41) is 6.84. The third-order valence-electron chi connectivity index (χ3n) is 4.21. The topological polar surface area (TPSA) is 68.5 Å². The summed E-state index contributed by atoms with van der Waals surface area (Å²) in [6, 6.07) is 1.62. The molecule has 0 spiro atoms. The summed E-state index contributed by atoms with van der Waals surface area (Å²) in [6.45, 7) is 4.85. The third-order valence-corrected chi connectivity index (χ3v) is 4.99. The molecule has 1 aromatic carbocycles. The first-order valence-corrected chi connectivity index (χ1v) is 8.83. The number of hydrogen-bond acceptors (Lipinski definition) is 7. The first-order chi connectivity index (χ1) is 12.1. The van der Waals surface area contributed by atoms with E-state index in [-0.39, 0.29) is 29.0 Å². The van der Waals surface area contributed by atoms with Crippen molar-refractivity contribution >= 4 is 34.3 Å². The number of aldehydes is 1. The van der Waals surface area contributed by atoms with Crippen molar-refractivity contribution in [1.29, 1.82) is 0 Å². The van der Waals surface area contributed by atoms with Gasteiger partial charge in [0.1, 0.15) is 10.7 Å². The van der Waals surface area contributed by atoms with Gasteiger partial charge in [0.15, 0.2) is 12.1 Å². The van der Waals surface area contributed by atoms with Crippen molar-refractivity contribution in [3.8, 4) is 10.7 Å². The first kappa shape index (κ1) is 16.2. The van der Waals surface area contributed by atoms with Crippen LogP contribution in [-0.2, 0) is 4.74 Å². The summed E-state index contributed by atoms with van der Waals surface area (Å²) in [4.78, 5) is 17.7. The van der Waals surface area contributed by atoms with Gasteiger partial charge in [0.25, 0.3) is 0 Å². The van der Waals surface area contributed by atoms with Crippen molar-refractivity contribution in [2.45, 2.75) is 26.1 Å². The average molecular weight is 361 g/mol. The molecule has 0 amide bonds. The van der Waals surface area contributed by atoms with Crippen LogP contribution < -0.4 is 4.90 Å². The molecule has 4 rings (SSSR count). The highest BCUT2D eigenvalue weighted by Gasteiger charge is 2.29. The van der Waals surface area contributed by atoms with Crippen LogP contribution in [0.3, 0.4) is 0 Å². The van der Waals surface area contributed by atoms with Crippen LogP contribution in [0.2, 0.25) is 0 Å². The van der Waals surface area contributed by atoms with Gasteiger partial charge in [-0.3, -0.25) is 4.79 Å². The Morgan fingerprint density at radius 3 is 2.76 bits per heavy atom. The van der Waals surface area contributed by atoms with Gasteiger partial charge in [-0.15, -0.1) is 11.3 Å². The Morgan fingerprint density at radius 1 is 1.36 bits per heavy atom. The van der Waals surface area contributed by atoms with Crippen molar-refractivity contribution in [3.05, 3.63) is 29.0 Å². The Labute approximate surface area is 147 Å². The molecule has 0 N–H and O–H groups in total. The lowest BCUT2D eigenvalue weighted by atomic mass is 10.1. The maximum Gasteiger partial charge on any atom is 0.205 e. The molecule has 1 aliphatic heterocycles. The molecule has 2 atom stereocenters. The quantitative estimate of drug-likeness (QED) is 0.665. The second-order valence-corrected chi connectivity index (χ2v) is 7.05. The zero-order valence-corrected chi connectivity index (χ0v) is 14.5. The number of carbonyl (C=O) groups is 1. The van der Waals surface area contributed by atoms with Gasteiger partial charge in [-0.25, -0.2) is 9.37 Å². The number of ether oxygens (including phenoxy) is 1. The Bertz CT molecular complexity index is 915. The predicted molar refractivity (Wildman–Crippen MR) is 92.7 cm³/mol. The second kappa shape index (κ2) is 6.20. The van der Waals surface area contributed by atoms with E-state index in [1.54, 1.807) is 17.6 Å². The molecular weight excluding hydrogens is 345 g/mol. The van der Waals surface area contributed by atoms with Crippen molar-refractivity contribution in [2.24, 2.45) is 0 Å². The average Bonchev–Trinajstić information content (AvgIpc) is 3.22. The smallest absolute Gasteiger partial charge is 0.205 e. The SMILES string of the molecule is C[C@@H]1CN(c2c(C=O)cc3c(-c4nccs4)noc3c2F)C[C@@H](C)O1. The van der Waals surface area contributed by atoms with E-state index >= 15 is 4.39 Å². The van der Waals surface area contributed by atoms with E-state index in [4.69, 9.17) is 9.26 Å². The lowest BCUT2D eigenvalue weighted by molar-refractivity contribution is -0.00543. The zero-order valence-electron chi connectivity index (χ0n) is 13.7. The number of nitrogens with zero attached hydrogens (tertiary/aromatic N) is 3. The Balaban J connectivity index is 1.88. The number of morpholine rings is 1. The number of fused-ring (bicyclic) bond motifs is 1. The molecule has 0 unspecified atom stereocenters. The monoisotopic (exact) mass is 361 g/mol. The van der Waals surface area contributed by atoms with E-state index in [0.717, 1.165) is 0 Å². The van der Waals surface area contributed by atoms with Crippen molar-refractivity contribution < 1.29 is 18.4 Å². The molecule has 3 heterocycles. The third kappa shape index (κ3) is 2.71. The summed E-state index contributed by atoms with van der Waals surface area (Å²) in [5.74, 6) is -0.573. The molecule has 1 saturated heterocycles. The van der Waals surface area contributed by atoms with E-state index in [2.05, 4.69) is 10.1 Å². The minimum Gasteiger partial charge on any atom is -0.372 e. The Hall–Kier alpha value is -2.32. The summed E-state index contributed by atoms with van der Waals surface area (Å²) in [6.07, 6.45) is 2.20. The maximum atomic E-state index is 15.2. The zero-order chi connectivity index (χ0) is 17.6. The number of hydrogen-bond donors (Lipinski definition) is 0. The molecule has 1 aliphatic rings. The minimum atomic E-state index is -0.573. The van der Waals surface area contributed by atoms with E-state index < -0.39 is 5.82 Å². The number of halogens is 1. The van der Waals surface area contributed by atoms with Crippen LogP contribution in [0, 0.1) is 5.82 Å². The van der Waals surface area contributed by atoms with E-state index in [1.807, 2.05) is 18.7 Å². The van der Waals surface area contributed by atoms with Crippen LogP contribution in [0.5, 0.6) is 0 Å². The fourth-order valence-electron chi connectivity index (χ4n) is 3.31. The molecule has 2 aromatic heterocycles. The number of carbonyl (C=O) groups excluding carboxylic acids is 1. The fraction of sp³-hybridized carbons (Fsp3) is 0.353. The number of rotatable bonds is 3. The maximum absolute atomic E-state index is 15.2. The lowest BCUT2D eigenvalue weighted by Crippen LogP contribution is -2.46. The van der Waals surface area contributed by atoms with Crippen LogP contribution in [0.4, 0.5) is 10.1 Å². The number of aromatic nitrogens is 2. The molecule has 8 heteroatoms. The van der Waals surface area contributed by atoms with Gasteiger partial charge in [-0.2, -0.15) is 0 Å². The minimum absolute atomic E-state index is 0.0394. The van der Waals surface area contributed by atoms with Gasteiger partial charge < -0.3 is 14.2 Å². The second-order valence-electron chi connectivity index (χ2n) is 6.15. The summed E-state index contributed by atoms with van der Waals surface area (Å²) >= 11 is 1.38. The molecule has 25 heavy (non-hydrogen) atoms. The predicted octanol–water partition coefficient (Wildman–Crippen LogP) is 3.52. The molecule has 0 radical (unpaired) electrons. The molecule has 0 bridgehead atoms. The highest BCUT2D eigenvalue weighted by Crippen LogP contribution is 2.37. The van der Waals surface area contributed by atoms with E-state index in [1.165, 1.54) is 11.3 Å². The molecular formula is C17H16FN3O3S. The highest BCUT2D eigenvalue weighted by atomic mass is 32.1. The van der Waals surface area contributed by atoms with Crippen LogP contribution in [0.15, 0.2) is 22.2 Å². The number of thiazole rings is 1. The van der Waals surface area contributed by atoms with Gasteiger partial charge in [-0.1, -0.05) is 5.16 Å². The van der Waals surface area contributed by atoms with Gasteiger partial charge in [0.2, 0.25) is 5.58 Å². The standard InChI is InChI=1S/C17H16FN3O3S/c1-9-6-21(7-10(2)23-9)15-11(8-22)5-12-14(17-19-3-4-25-17)20-24-16(12)13(15)18/h3-5,8-10H,6-7H2,1-2H3/t9-,10-/m1/s1. The van der Waals surface area contributed by atoms with Crippen molar-refractivity contribution in [2.75, 3.05) is 18.0 Å². The Kier molecular flexibility index (Phi) is 4.01. The molecule has 3 aromatic rings. The molecule has 1 fully saturated rings. The normalized spacial score (nSPS) is 21.0. The summed E-state index contributed by atoms with van der Waals surface area (Å²) < 4.78 is 26.2. The van der Waals surface area contributed by atoms with E-state index in [9.17, 15) is 4.79 Å². The van der Waals surface area contributed by atoms with Crippen molar-refractivity contribution in [1.82, 2.24) is 10.1 Å². The number of benzene rings is 1. The molecule has 130 valence electrons. The van der Waals surface area contributed by atoms with Crippen LogP contribution in [0.1, 0.15) is 24.2 Å². The van der Waals surface area contributed by atoms with Crippen LogP contribution in [-0.4, -0.2) is 41.7 Å². The molecule has 0 aliphatic carbocycles. The van der Waals surface area contributed by atoms with Crippen molar-refractivity contribution in [3.63, 3.8) is 0 Å². The molecule has 0 saturated carbocycles. The summed E-state index contributed by atoms with van der Waals surface area (Å²) in [7, 11) is 0. The lowest BCUT2D eigenvalue weighted by Gasteiger charge is -2.37.